The Kier molecular flexibility index (Phi) is 2.45. The van der Waals surface area contributed by atoms with Gasteiger partial charge >= 0.3 is 0 Å². The number of rotatable bonds is 3. The molecule has 76 valence electrons. The Bertz CT molecular complexity index is 462. The average molecular weight is 203 g/mol. The lowest BCUT2D eigenvalue weighted by Gasteiger charge is -1.98. The van der Waals surface area contributed by atoms with Crippen molar-refractivity contribution in [1.29, 1.82) is 0 Å². The molecule has 5 nitrogen and oxygen atoms in total. The molecule has 15 heavy (non-hydrogen) atoms. The van der Waals surface area contributed by atoms with Gasteiger partial charge < -0.3 is 9.84 Å². The molecule has 0 aliphatic carbocycles. The van der Waals surface area contributed by atoms with Crippen molar-refractivity contribution in [3.63, 3.8) is 0 Å². The molecule has 1 N–H and O–H groups in total. The molecule has 0 saturated carbocycles. The molecule has 0 atom stereocenters. The Morgan fingerprint density at radius 3 is 2.60 bits per heavy atom. The lowest BCUT2D eigenvalue weighted by atomic mass is 10.2. The fraction of sp³-hybridized carbons (Fsp3) is 0.100. The zero-order valence-electron chi connectivity index (χ0n) is 8.10. The number of hydrogen-bond donors (Lipinski definition) is 1. The van der Waals surface area contributed by atoms with E-state index in [1.165, 1.54) is 0 Å². The van der Waals surface area contributed by atoms with E-state index in [0.717, 1.165) is 11.3 Å². The van der Waals surface area contributed by atoms with Crippen molar-refractivity contribution in [2.75, 3.05) is 5.32 Å². The lowest BCUT2D eigenvalue weighted by molar-refractivity contribution is -0.105. The van der Waals surface area contributed by atoms with E-state index >= 15 is 0 Å². The van der Waals surface area contributed by atoms with Crippen molar-refractivity contribution in [1.82, 2.24) is 10.1 Å². The number of hydrogen-bond acceptors (Lipinski definition) is 4. The third-order valence-corrected chi connectivity index (χ3v) is 1.89. The molecule has 0 unspecified atom stereocenters. The second kappa shape index (κ2) is 3.91. The lowest BCUT2D eigenvalue weighted by Crippen LogP contribution is -1.92. The number of amides is 1. The molecular formula is C10H9N3O2. The van der Waals surface area contributed by atoms with Crippen LogP contribution >= 0.6 is 0 Å². The second-order valence-corrected chi connectivity index (χ2v) is 2.99. The molecule has 2 rings (SSSR count). The number of aromatic nitrogens is 2. The summed E-state index contributed by atoms with van der Waals surface area (Å²) < 4.78 is 5.00. The molecule has 1 heterocycles. The molecule has 5 heteroatoms. The highest BCUT2D eigenvalue weighted by molar-refractivity contribution is 5.72. The summed E-state index contributed by atoms with van der Waals surface area (Å²) in [6.07, 6.45) is 0.631. The van der Waals surface area contributed by atoms with Gasteiger partial charge in [-0.1, -0.05) is 5.16 Å². The van der Waals surface area contributed by atoms with Gasteiger partial charge in [-0.05, 0) is 31.2 Å². The van der Waals surface area contributed by atoms with Crippen molar-refractivity contribution in [3.05, 3.63) is 30.1 Å². The minimum atomic E-state index is 0.477. The monoisotopic (exact) mass is 203 g/mol. The van der Waals surface area contributed by atoms with Crippen LogP contribution in [-0.2, 0) is 4.79 Å². The van der Waals surface area contributed by atoms with Gasteiger partial charge in [-0.15, -0.1) is 0 Å². The largest absolute Gasteiger partial charge is 0.334 e. The number of carbonyl (C=O) groups is 1. The quantitative estimate of drug-likeness (QED) is 0.769. The topological polar surface area (TPSA) is 68.0 Å². The van der Waals surface area contributed by atoms with Crippen molar-refractivity contribution in [3.8, 4) is 11.5 Å². The summed E-state index contributed by atoms with van der Waals surface area (Å²) in [6, 6.07) is 7.14. The number of aryl methyl sites for hydroxylation is 1. The Morgan fingerprint density at radius 2 is 2.07 bits per heavy atom. The first kappa shape index (κ1) is 9.39. The van der Waals surface area contributed by atoms with Crippen LogP contribution in [-0.4, -0.2) is 16.6 Å². The van der Waals surface area contributed by atoms with Crippen molar-refractivity contribution < 1.29 is 9.32 Å². The van der Waals surface area contributed by atoms with E-state index in [4.69, 9.17) is 4.52 Å². The van der Waals surface area contributed by atoms with Crippen LogP contribution in [0.4, 0.5) is 5.69 Å². The Labute approximate surface area is 86.1 Å². The van der Waals surface area contributed by atoms with Gasteiger partial charge in [0.2, 0.25) is 6.41 Å². The van der Waals surface area contributed by atoms with Crippen LogP contribution < -0.4 is 5.32 Å². The molecular weight excluding hydrogens is 194 g/mol. The van der Waals surface area contributed by atoms with Crippen LogP contribution in [0, 0.1) is 6.92 Å². The molecule has 1 aromatic heterocycles. The van der Waals surface area contributed by atoms with Crippen molar-refractivity contribution in [2.45, 2.75) is 6.92 Å². The third-order valence-electron chi connectivity index (χ3n) is 1.89. The maximum absolute atomic E-state index is 10.2. The first-order valence-corrected chi connectivity index (χ1v) is 4.40. The van der Waals surface area contributed by atoms with E-state index in [1.807, 2.05) is 0 Å². The van der Waals surface area contributed by atoms with Gasteiger partial charge in [-0.3, -0.25) is 4.79 Å². The van der Waals surface area contributed by atoms with Crippen LogP contribution in [0.5, 0.6) is 0 Å². The highest BCUT2D eigenvalue weighted by Gasteiger charge is 2.05. The second-order valence-electron chi connectivity index (χ2n) is 2.99. The fourth-order valence-electron chi connectivity index (χ4n) is 1.19. The van der Waals surface area contributed by atoms with Crippen LogP contribution in [0.15, 0.2) is 28.8 Å². The maximum atomic E-state index is 10.2. The Morgan fingerprint density at radius 1 is 1.33 bits per heavy atom. The molecule has 0 fully saturated rings. The molecule has 0 spiro atoms. The average Bonchev–Trinajstić information content (AvgIpc) is 2.67. The first-order valence-electron chi connectivity index (χ1n) is 4.40. The molecule has 0 aliphatic heterocycles. The number of benzene rings is 1. The van der Waals surface area contributed by atoms with E-state index < -0.39 is 0 Å². The van der Waals surface area contributed by atoms with Crippen LogP contribution in [0.1, 0.15) is 5.82 Å². The third kappa shape index (κ3) is 2.01. The minimum Gasteiger partial charge on any atom is -0.334 e. The normalized spacial score (nSPS) is 9.93. The van der Waals surface area contributed by atoms with E-state index in [2.05, 4.69) is 15.5 Å². The van der Waals surface area contributed by atoms with Crippen LogP contribution in [0.25, 0.3) is 11.5 Å². The summed E-state index contributed by atoms with van der Waals surface area (Å²) >= 11 is 0. The Hall–Kier alpha value is -2.17. The Balaban J connectivity index is 2.27. The fourth-order valence-corrected chi connectivity index (χ4v) is 1.19. The molecule has 1 amide bonds. The summed E-state index contributed by atoms with van der Waals surface area (Å²) in [5, 5.41) is 6.24. The minimum absolute atomic E-state index is 0.477. The van der Waals surface area contributed by atoms with E-state index in [0.29, 0.717) is 18.1 Å². The van der Waals surface area contributed by atoms with Gasteiger partial charge in [0.25, 0.3) is 5.89 Å². The molecule has 0 bridgehead atoms. The molecule has 0 aliphatic rings. The molecule has 1 aromatic carbocycles. The number of nitrogens with zero attached hydrogens (tertiary/aromatic N) is 2. The zero-order valence-corrected chi connectivity index (χ0v) is 8.10. The predicted octanol–water partition coefficient (Wildman–Crippen LogP) is 1.61. The zero-order chi connectivity index (χ0) is 10.7. The summed E-state index contributed by atoms with van der Waals surface area (Å²) in [5.74, 6) is 1.07. The van der Waals surface area contributed by atoms with Crippen LogP contribution in [0.3, 0.4) is 0 Å². The summed E-state index contributed by atoms with van der Waals surface area (Å²) in [4.78, 5) is 14.3. The van der Waals surface area contributed by atoms with Gasteiger partial charge in [0.05, 0.1) is 0 Å². The highest BCUT2D eigenvalue weighted by Crippen LogP contribution is 2.19. The first-order chi connectivity index (χ1) is 7.29. The predicted molar refractivity (Wildman–Crippen MR) is 54.2 cm³/mol. The molecule has 0 radical (unpaired) electrons. The van der Waals surface area contributed by atoms with Gasteiger partial charge in [0.15, 0.2) is 5.82 Å². The molecule has 2 aromatic rings. The summed E-state index contributed by atoms with van der Waals surface area (Å²) in [6.45, 7) is 1.76. The van der Waals surface area contributed by atoms with Crippen molar-refractivity contribution in [2.24, 2.45) is 0 Å². The number of carbonyl (C=O) groups excluding carboxylic acids is 1. The molecule has 0 saturated heterocycles. The van der Waals surface area contributed by atoms with E-state index in [1.54, 1.807) is 31.2 Å². The van der Waals surface area contributed by atoms with Crippen LogP contribution in [0.2, 0.25) is 0 Å². The van der Waals surface area contributed by atoms with E-state index in [9.17, 15) is 4.79 Å². The van der Waals surface area contributed by atoms with E-state index in [-0.39, 0.29) is 0 Å². The smallest absolute Gasteiger partial charge is 0.257 e. The maximum Gasteiger partial charge on any atom is 0.257 e. The summed E-state index contributed by atoms with van der Waals surface area (Å²) in [5.41, 5.74) is 1.55. The number of anilines is 1. The standard InChI is InChI=1S/C10H9N3O2/c1-7-12-10(15-13-7)8-2-4-9(5-3-8)11-6-14/h2-6H,1H3,(H,11,14). The van der Waals surface area contributed by atoms with Crippen molar-refractivity contribution >= 4 is 12.1 Å². The van der Waals surface area contributed by atoms with Gasteiger partial charge in [0, 0.05) is 11.3 Å². The highest BCUT2D eigenvalue weighted by atomic mass is 16.5. The SMILES string of the molecule is Cc1noc(-c2ccc(NC=O)cc2)n1. The number of nitrogens with one attached hydrogen (secondary N) is 1. The summed E-state index contributed by atoms with van der Waals surface area (Å²) in [7, 11) is 0. The van der Waals surface area contributed by atoms with Gasteiger partial charge in [-0.2, -0.15) is 4.98 Å². The van der Waals surface area contributed by atoms with Gasteiger partial charge in [0.1, 0.15) is 0 Å². The van der Waals surface area contributed by atoms with Gasteiger partial charge in [-0.25, -0.2) is 0 Å².